The van der Waals surface area contributed by atoms with Crippen LogP contribution in [-0.2, 0) is 16.1 Å². The molecular formula is C10H7N3O8. The third kappa shape index (κ3) is 3.56. The van der Waals surface area contributed by atoms with Crippen LogP contribution in [-0.4, -0.2) is 20.7 Å². The van der Waals surface area contributed by atoms with E-state index in [1.54, 1.807) is 0 Å². The lowest BCUT2D eigenvalue weighted by Crippen LogP contribution is -2.05. The van der Waals surface area contributed by atoms with E-state index >= 15 is 0 Å². The molecule has 11 heteroatoms. The molecule has 0 spiro atoms. The molecule has 0 aromatic heterocycles. The number of nitro groups is 3. The van der Waals surface area contributed by atoms with E-state index in [1.807, 2.05) is 0 Å². The highest BCUT2D eigenvalue weighted by molar-refractivity contribution is 5.81. The molecule has 0 aliphatic rings. The number of nitrogens with zero attached hydrogens (tertiary/aromatic N) is 3. The van der Waals surface area contributed by atoms with E-state index in [2.05, 4.69) is 11.3 Å². The summed E-state index contributed by atoms with van der Waals surface area (Å²) in [6.45, 7) is 2.60. The van der Waals surface area contributed by atoms with Crippen molar-refractivity contribution in [1.29, 1.82) is 0 Å². The van der Waals surface area contributed by atoms with Crippen LogP contribution in [0.1, 0.15) is 5.56 Å². The van der Waals surface area contributed by atoms with Gasteiger partial charge in [-0.05, 0) is 0 Å². The van der Waals surface area contributed by atoms with Gasteiger partial charge in [0.25, 0.3) is 0 Å². The summed E-state index contributed by atoms with van der Waals surface area (Å²) in [6, 6.07) is 1.48. The van der Waals surface area contributed by atoms with Crippen molar-refractivity contribution < 1.29 is 24.3 Å². The van der Waals surface area contributed by atoms with Crippen molar-refractivity contribution in [3.63, 3.8) is 0 Å². The van der Waals surface area contributed by atoms with Crippen molar-refractivity contribution in [2.75, 3.05) is 0 Å². The monoisotopic (exact) mass is 297 g/mol. The minimum absolute atomic E-state index is 0.130. The Morgan fingerprint density at radius 2 is 1.57 bits per heavy atom. The van der Waals surface area contributed by atoms with E-state index in [0.717, 1.165) is 18.2 Å². The Morgan fingerprint density at radius 1 is 1.10 bits per heavy atom. The van der Waals surface area contributed by atoms with E-state index in [0.29, 0.717) is 0 Å². The molecule has 0 aliphatic carbocycles. The molecule has 11 nitrogen and oxygen atoms in total. The number of hydrogen-bond donors (Lipinski definition) is 0. The van der Waals surface area contributed by atoms with Gasteiger partial charge in [-0.2, -0.15) is 0 Å². The van der Waals surface area contributed by atoms with Crippen LogP contribution in [0.5, 0.6) is 0 Å². The Hall–Kier alpha value is -3.37. The number of rotatable bonds is 6. The average molecular weight is 297 g/mol. The third-order valence-corrected chi connectivity index (χ3v) is 2.25. The summed E-state index contributed by atoms with van der Waals surface area (Å²) in [6.07, 6.45) is 0.828. The summed E-state index contributed by atoms with van der Waals surface area (Å²) < 4.78 is 4.58. The normalized spacial score (nSPS) is 9.71. The number of carbonyl (C=O) groups excluding carboxylic acids is 1. The molecule has 0 amide bonds. The molecule has 0 radical (unpaired) electrons. The topological polar surface area (TPSA) is 156 Å². The molecule has 0 atom stereocenters. The molecule has 0 saturated heterocycles. The lowest BCUT2D eigenvalue weighted by atomic mass is 10.1. The maximum absolute atomic E-state index is 10.9. The van der Waals surface area contributed by atoms with Gasteiger partial charge in [-0.3, -0.25) is 30.3 Å². The molecule has 1 aromatic carbocycles. The van der Waals surface area contributed by atoms with Crippen LogP contribution in [0.2, 0.25) is 0 Å². The van der Waals surface area contributed by atoms with Crippen molar-refractivity contribution >= 4 is 23.0 Å². The first-order chi connectivity index (χ1) is 9.77. The van der Waals surface area contributed by atoms with Crippen molar-refractivity contribution in [3.05, 3.63) is 60.7 Å². The second kappa shape index (κ2) is 6.18. The first kappa shape index (κ1) is 15.7. The van der Waals surface area contributed by atoms with Gasteiger partial charge in [-0.15, -0.1) is 0 Å². The summed E-state index contributed by atoms with van der Waals surface area (Å²) >= 11 is 0. The first-order valence-electron chi connectivity index (χ1n) is 5.17. The van der Waals surface area contributed by atoms with Crippen LogP contribution >= 0.6 is 0 Å². The third-order valence-electron chi connectivity index (χ3n) is 2.25. The largest absolute Gasteiger partial charge is 0.458 e. The summed E-state index contributed by atoms with van der Waals surface area (Å²) in [5.41, 5.74) is -3.48. The maximum Gasteiger partial charge on any atom is 0.422 e. The fourth-order valence-corrected chi connectivity index (χ4v) is 1.42. The SMILES string of the molecule is C=CC(=O)OCc1cc([N+](=O)[O-])c([N+](=O)[O-])c([N+](=O)[O-])c1. The van der Waals surface area contributed by atoms with Gasteiger partial charge in [0, 0.05) is 23.8 Å². The number of hydrogen-bond acceptors (Lipinski definition) is 8. The number of nitro benzene ring substituents is 3. The molecule has 0 bridgehead atoms. The number of carbonyl (C=O) groups is 1. The van der Waals surface area contributed by atoms with Crippen molar-refractivity contribution in [2.24, 2.45) is 0 Å². The zero-order chi connectivity index (χ0) is 16.2. The molecule has 110 valence electrons. The molecule has 1 rings (SSSR count). The molecule has 0 aliphatic heterocycles. The Balaban J connectivity index is 3.40. The number of benzene rings is 1. The van der Waals surface area contributed by atoms with E-state index < -0.39 is 44.4 Å². The molecule has 0 unspecified atom stereocenters. The standard InChI is InChI=1S/C10H7N3O8/c1-2-9(14)21-5-6-3-7(11(15)16)10(13(19)20)8(4-6)12(17)18/h2-4H,1,5H2. The molecule has 21 heavy (non-hydrogen) atoms. The van der Waals surface area contributed by atoms with Gasteiger partial charge in [0.15, 0.2) is 0 Å². The van der Waals surface area contributed by atoms with Crippen molar-refractivity contribution in [1.82, 2.24) is 0 Å². The molecule has 0 fully saturated rings. The highest BCUT2D eigenvalue weighted by atomic mass is 16.6. The van der Waals surface area contributed by atoms with Crippen LogP contribution in [0.15, 0.2) is 24.8 Å². The van der Waals surface area contributed by atoms with E-state index in [4.69, 9.17) is 0 Å². The summed E-state index contributed by atoms with van der Waals surface area (Å²) in [7, 11) is 0. The van der Waals surface area contributed by atoms with Crippen LogP contribution in [0.25, 0.3) is 0 Å². The fraction of sp³-hybridized carbons (Fsp3) is 0.100. The van der Waals surface area contributed by atoms with Gasteiger partial charge in [0.2, 0.25) is 0 Å². The second-order valence-corrected chi connectivity index (χ2v) is 3.57. The smallest absolute Gasteiger partial charge is 0.422 e. The molecule has 1 aromatic rings. The maximum atomic E-state index is 10.9. The van der Waals surface area contributed by atoms with Gasteiger partial charge in [0.1, 0.15) is 6.61 Å². The van der Waals surface area contributed by atoms with Crippen molar-refractivity contribution in [3.8, 4) is 0 Å². The van der Waals surface area contributed by atoms with Crippen LogP contribution in [0.3, 0.4) is 0 Å². The van der Waals surface area contributed by atoms with Crippen LogP contribution in [0.4, 0.5) is 17.1 Å². The van der Waals surface area contributed by atoms with E-state index in [-0.39, 0.29) is 5.56 Å². The quantitative estimate of drug-likeness (QED) is 0.332. The van der Waals surface area contributed by atoms with Crippen molar-refractivity contribution in [2.45, 2.75) is 6.61 Å². The minimum Gasteiger partial charge on any atom is -0.458 e. The summed E-state index contributed by atoms with van der Waals surface area (Å²) in [5, 5.41) is 32.4. The van der Waals surface area contributed by atoms with Gasteiger partial charge in [-0.1, -0.05) is 6.58 Å². The number of ether oxygens (including phenoxy) is 1. The van der Waals surface area contributed by atoms with E-state index in [9.17, 15) is 35.1 Å². The average Bonchev–Trinajstić information content (AvgIpc) is 2.42. The van der Waals surface area contributed by atoms with Gasteiger partial charge < -0.3 is 4.74 Å². The van der Waals surface area contributed by atoms with Crippen LogP contribution in [0, 0.1) is 30.3 Å². The highest BCUT2D eigenvalue weighted by Crippen LogP contribution is 2.37. The summed E-state index contributed by atoms with van der Waals surface area (Å²) in [4.78, 5) is 39.8. The zero-order valence-corrected chi connectivity index (χ0v) is 10.3. The van der Waals surface area contributed by atoms with Gasteiger partial charge in [-0.25, -0.2) is 4.79 Å². The predicted molar refractivity (Wildman–Crippen MR) is 66.4 cm³/mol. The first-order valence-corrected chi connectivity index (χ1v) is 5.17. The lowest BCUT2D eigenvalue weighted by molar-refractivity contribution is -0.441. The predicted octanol–water partition coefficient (Wildman–Crippen LogP) is 1.64. The van der Waals surface area contributed by atoms with Gasteiger partial charge in [0.05, 0.1) is 14.8 Å². The molecule has 0 heterocycles. The van der Waals surface area contributed by atoms with Gasteiger partial charge >= 0.3 is 23.0 Å². The zero-order valence-electron chi connectivity index (χ0n) is 10.3. The Bertz CT molecular complexity index is 619. The molecular weight excluding hydrogens is 290 g/mol. The Morgan fingerprint density at radius 3 is 1.90 bits per heavy atom. The fourth-order valence-electron chi connectivity index (χ4n) is 1.42. The highest BCUT2D eigenvalue weighted by Gasteiger charge is 2.36. The lowest BCUT2D eigenvalue weighted by Gasteiger charge is -2.03. The van der Waals surface area contributed by atoms with Crippen LogP contribution < -0.4 is 0 Å². The Kier molecular flexibility index (Phi) is 4.62. The number of esters is 1. The Labute approximate surface area is 115 Å². The molecule has 0 N–H and O–H groups in total. The van der Waals surface area contributed by atoms with E-state index in [1.165, 1.54) is 0 Å². The minimum atomic E-state index is -1.23. The summed E-state index contributed by atoms with van der Waals surface area (Å²) in [5.74, 6) is -0.848. The second-order valence-electron chi connectivity index (χ2n) is 3.57. The molecule has 0 saturated carbocycles.